The third-order valence-corrected chi connectivity index (χ3v) is 4.07. The van der Waals surface area contributed by atoms with Crippen LogP contribution < -0.4 is 20.1 Å². The van der Waals surface area contributed by atoms with E-state index in [0.29, 0.717) is 24.9 Å². The molecule has 0 bridgehead atoms. The summed E-state index contributed by atoms with van der Waals surface area (Å²) < 4.78 is 10.5. The van der Waals surface area contributed by atoms with Gasteiger partial charge in [-0.15, -0.1) is 5.10 Å². The summed E-state index contributed by atoms with van der Waals surface area (Å²) in [5, 5.41) is 14.5. The highest BCUT2D eigenvalue weighted by atomic mass is 16.5. The monoisotopic (exact) mass is 365 g/mol. The average Bonchev–Trinajstić information content (AvgIpc) is 2.73. The molecular weight excluding hydrogens is 342 g/mol. The van der Waals surface area contributed by atoms with Crippen molar-refractivity contribution < 1.29 is 9.47 Å². The van der Waals surface area contributed by atoms with Gasteiger partial charge in [-0.2, -0.15) is 10.1 Å². The molecule has 0 unspecified atom stereocenters. The molecule has 0 fully saturated rings. The lowest BCUT2D eigenvalue weighted by Crippen LogP contribution is -2.11. The van der Waals surface area contributed by atoms with Crippen LogP contribution in [-0.4, -0.2) is 35.9 Å². The Kier molecular flexibility index (Phi) is 6.40. The third kappa shape index (κ3) is 5.31. The molecule has 2 aromatic carbocycles. The zero-order valence-corrected chi connectivity index (χ0v) is 15.5. The number of hydrogen-bond donors (Lipinski definition) is 2. The van der Waals surface area contributed by atoms with Crippen molar-refractivity contribution in [2.45, 2.75) is 13.0 Å². The fourth-order valence-electron chi connectivity index (χ4n) is 2.61. The van der Waals surface area contributed by atoms with Gasteiger partial charge >= 0.3 is 0 Å². The van der Waals surface area contributed by atoms with Crippen molar-refractivity contribution in [2.75, 3.05) is 31.4 Å². The van der Waals surface area contributed by atoms with Crippen LogP contribution in [0.2, 0.25) is 0 Å². The second-order valence-corrected chi connectivity index (χ2v) is 5.86. The van der Waals surface area contributed by atoms with Crippen LogP contribution in [0.25, 0.3) is 0 Å². The molecule has 1 heterocycles. The van der Waals surface area contributed by atoms with E-state index in [0.717, 1.165) is 23.5 Å². The molecular formula is C20H23N5O2. The Morgan fingerprint density at radius 2 is 1.74 bits per heavy atom. The molecule has 0 saturated carbocycles. The summed E-state index contributed by atoms with van der Waals surface area (Å²) in [7, 11) is 3.33. The van der Waals surface area contributed by atoms with Crippen LogP contribution in [0.15, 0.2) is 54.7 Å². The van der Waals surface area contributed by atoms with Gasteiger partial charge in [-0.3, -0.25) is 0 Å². The summed E-state index contributed by atoms with van der Waals surface area (Å²) in [4.78, 5) is 4.45. The Labute approximate surface area is 158 Å². The normalized spacial score (nSPS) is 10.3. The minimum Gasteiger partial charge on any atom is -0.497 e. The van der Waals surface area contributed by atoms with Crippen molar-refractivity contribution in [3.05, 3.63) is 65.9 Å². The third-order valence-electron chi connectivity index (χ3n) is 4.07. The van der Waals surface area contributed by atoms with Gasteiger partial charge in [0.15, 0.2) is 5.82 Å². The number of nitrogens with zero attached hydrogens (tertiary/aromatic N) is 3. The summed E-state index contributed by atoms with van der Waals surface area (Å²) in [5.41, 5.74) is 2.26. The molecule has 0 atom stereocenters. The van der Waals surface area contributed by atoms with Gasteiger partial charge in [0.25, 0.3) is 0 Å². The van der Waals surface area contributed by atoms with Gasteiger partial charge in [-0.05, 0) is 30.2 Å². The van der Waals surface area contributed by atoms with Crippen LogP contribution in [0.3, 0.4) is 0 Å². The van der Waals surface area contributed by atoms with Crippen LogP contribution in [0.1, 0.15) is 11.1 Å². The molecule has 0 aliphatic heterocycles. The molecule has 140 valence electrons. The summed E-state index contributed by atoms with van der Waals surface area (Å²) in [6.45, 7) is 1.30. The van der Waals surface area contributed by atoms with E-state index in [1.54, 1.807) is 20.4 Å². The maximum absolute atomic E-state index is 5.36. The molecule has 7 heteroatoms. The zero-order valence-electron chi connectivity index (χ0n) is 15.5. The van der Waals surface area contributed by atoms with E-state index in [9.17, 15) is 0 Å². The standard InChI is InChI=1S/C20H23N5O2/c1-26-17-9-7-15(8-10-17)11-12-21-20-24-19(14-23-25-20)22-13-16-5-3-4-6-18(16)27-2/h3-10,14H,11-13H2,1-2H3,(H2,21,22,24,25). The molecule has 0 aliphatic rings. The Morgan fingerprint density at radius 1 is 0.926 bits per heavy atom. The number of anilines is 2. The lowest BCUT2D eigenvalue weighted by molar-refractivity contribution is 0.410. The molecule has 0 spiro atoms. The number of benzene rings is 2. The highest BCUT2D eigenvalue weighted by molar-refractivity contribution is 5.41. The topological polar surface area (TPSA) is 81.2 Å². The predicted octanol–water partition coefficient (Wildman–Crippen LogP) is 3.16. The van der Waals surface area contributed by atoms with Crippen molar-refractivity contribution in [2.24, 2.45) is 0 Å². The van der Waals surface area contributed by atoms with E-state index in [1.807, 2.05) is 48.5 Å². The smallest absolute Gasteiger partial charge is 0.244 e. The minimum atomic E-state index is 0.494. The highest BCUT2D eigenvalue weighted by Crippen LogP contribution is 2.18. The maximum Gasteiger partial charge on any atom is 0.244 e. The van der Waals surface area contributed by atoms with E-state index in [1.165, 1.54) is 5.56 Å². The van der Waals surface area contributed by atoms with Crippen molar-refractivity contribution in [1.29, 1.82) is 0 Å². The highest BCUT2D eigenvalue weighted by Gasteiger charge is 2.04. The van der Waals surface area contributed by atoms with Crippen molar-refractivity contribution >= 4 is 11.8 Å². The quantitative estimate of drug-likeness (QED) is 0.603. The number of rotatable bonds is 9. The predicted molar refractivity (Wildman–Crippen MR) is 105 cm³/mol. The van der Waals surface area contributed by atoms with Gasteiger partial charge in [0.1, 0.15) is 11.5 Å². The second-order valence-electron chi connectivity index (χ2n) is 5.86. The Bertz CT molecular complexity index is 855. The van der Waals surface area contributed by atoms with Gasteiger partial charge in [0, 0.05) is 18.7 Å². The molecule has 7 nitrogen and oxygen atoms in total. The number of ether oxygens (including phenoxy) is 2. The first kappa shape index (κ1) is 18.4. The lowest BCUT2D eigenvalue weighted by Gasteiger charge is -2.10. The van der Waals surface area contributed by atoms with E-state index in [2.05, 4.69) is 25.8 Å². The van der Waals surface area contributed by atoms with Gasteiger partial charge in [-0.25, -0.2) is 0 Å². The number of aromatic nitrogens is 3. The Balaban J connectivity index is 1.52. The van der Waals surface area contributed by atoms with E-state index < -0.39 is 0 Å². The molecule has 0 saturated heterocycles. The Morgan fingerprint density at radius 3 is 2.52 bits per heavy atom. The lowest BCUT2D eigenvalue weighted by atomic mass is 10.1. The Hall–Kier alpha value is -3.35. The van der Waals surface area contributed by atoms with Crippen molar-refractivity contribution in [3.63, 3.8) is 0 Å². The summed E-state index contributed by atoms with van der Waals surface area (Å²) in [6, 6.07) is 15.9. The van der Waals surface area contributed by atoms with Crippen molar-refractivity contribution in [3.8, 4) is 11.5 Å². The van der Waals surface area contributed by atoms with Crippen LogP contribution in [0, 0.1) is 0 Å². The minimum absolute atomic E-state index is 0.494. The van der Waals surface area contributed by atoms with Crippen LogP contribution in [0.4, 0.5) is 11.8 Å². The summed E-state index contributed by atoms with van der Waals surface area (Å²) in [6.07, 6.45) is 2.45. The molecule has 0 aliphatic carbocycles. The fraction of sp³-hybridized carbons (Fsp3) is 0.250. The fourth-order valence-corrected chi connectivity index (χ4v) is 2.61. The van der Waals surface area contributed by atoms with E-state index >= 15 is 0 Å². The van der Waals surface area contributed by atoms with Gasteiger partial charge in [0.2, 0.25) is 5.95 Å². The largest absolute Gasteiger partial charge is 0.497 e. The first-order valence-electron chi connectivity index (χ1n) is 8.71. The molecule has 3 rings (SSSR count). The second kappa shape index (κ2) is 9.38. The van der Waals surface area contributed by atoms with E-state index in [-0.39, 0.29) is 0 Å². The summed E-state index contributed by atoms with van der Waals surface area (Å²) >= 11 is 0. The van der Waals surface area contributed by atoms with E-state index in [4.69, 9.17) is 9.47 Å². The molecule has 1 aromatic heterocycles. The molecule has 2 N–H and O–H groups in total. The van der Waals surface area contributed by atoms with Gasteiger partial charge in [-0.1, -0.05) is 30.3 Å². The van der Waals surface area contributed by atoms with Crippen LogP contribution in [0.5, 0.6) is 11.5 Å². The maximum atomic E-state index is 5.36. The first-order valence-corrected chi connectivity index (χ1v) is 8.71. The molecule has 0 amide bonds. The molecule has 27 heavy (non-hydrogen) atoms. The zero-order chi connectivity index (χ0) is 18.9. The van der Waals surface area contributed by atoms with Crippen LogP contribution in [-0.2, 0) is 13.0 Å². The SMILES string of the molecule is COc1ccc(CCNc2nncc(NCc3ccccc3OC)n2)cc1. The number of para-hydroxylation sites is 1. The molecule has 3 aromatic rings. The van der Waals surface area contributed by atoms with Crippen LogP contribution >= 0.6 is 0 Å². The van der Waals surface area contributed by atoms with Gasteiger partial charge < -0.3 is 20.1 Å². The number of hydrogen-bond acceptors (Lipinski definition) is 7. The van der Waals surface area contributed by atoms with Gasteiger partial charge in [0.05, 0.1) is 20.4 Å². The van der Waals surface area contributed by atoms with Crippen molar-refractivity contribution in [1.82, 2.24) is 15.2 Å². The summed E-state index contributed by atoms with van der Waals surface area (Å²) in [5.74, 6) is 2.84. The first-order chi connectivity index (χ1) is 13.3. The number of methoxy groups -OCH3 is 2. The molecule has 0 radical (unpaired) electrons. The average molecular weight is 365 g/mol. The number of nitrogens with one attached hydrogen (secondary N) is 2.